The summed E-state index contributed by atoms with van der Waals surface area (Å²) in [5, 5.41) is 15.8. The summed E-state index contributed by atoms with van der Waals surface area (Å²) in [5.41, 5.74) is -4.05. The number of halogens is 4. The number of anilines is 1. The van der Waals surface area contributed by atoms with E-state index in [1.54, 1.807) is 0 Å². The van der Waals surface area contributed by atoms with Gasteiger partial charge in [-0.15, -0.1) is 5.10 Å². The highest BCUT2D eigenvalue weighted by molar-refractivity contribution is 7.88. The summed E-state index contributed by atoms with van der Waals surface area (Å²) < 4.78 is 82.8. The Bertz CT molecular complexity index is 1110. The van der Waals surface area contributed by atoms with Crippen LogP contribution in [0, 0.1) is 17.1 Å². The fourth-order valence-electron chi connectivity index (χ4n) is 3.27. The molecule has 0 bridgehead atoms. The number of nitriles is 1. The Morgan fingerprint density at radius 2 is 2.10 bits per heavy atom. The van der Waals surface area contributed by atoms with Crippen LogP contribution in [0.25, 0.3) is 5.52 Å². The average molecular weight is 448 g/mol. The van der Waals surface area contributed by atoms with Crippen molar-refractivity contribution in [1.82, 2.24) is 18.9 Å². The van der Waals surface area contributed by atoms with Gasteiger partial charge in [0.25, 0.3) is 0 Å². The number of sulfonamides is 1. The molecule has 0 spiro atoms. The van der Waals surface area contributed by atoms with E-state index in [2.05, 4.69) is 15.4 Å². The van der Waals surface area contributed by atoms with Crippen molar-refractivity contribution in [2.75, 3.05) is 24.7 Å². The first-order chi connectivity index (χ1) is 13.8. The van der Waals surface area contributed by atoms with Crippen molar-refractivity contribution in [3.63, 3.8) is 0 Å². The van der Waals surface area contributed by atoms with Gasteiger partial charge in [0.05, 0.1) is 18.5 Å². The van der Waals surface area contributed by atoms with E-state index >= 15 is 0 Å². The number of hydrogen-bond acceptors (Lipinski definition) is 6. The van der Waals surface area contributed by atoms with Gasteiger partial charge in [-0.25, -0.2) is 35.5 Å². The zero-order valence-corrected chi connectivity index (χ0v) is 17.2. The van der Waals surface area contributed by atoms with Crippen LogP contribution in [-0.4, -0.2) is 64.5 Å². The van der Waals surface area contributed by atoms with Crippen molar-refractivity contribution in [2.45, 2.75) is 44.3 Å². The monoisotopic (exact) mass is 448 g/mol. The largest absolute Gasteiger partial charge is 0.347 e. The van der Waals surface area contributed by atoms with Crippen molar-refractivity contribution in [3.05, 3.63) is 23.3 Å². The molecule has 3 atom stereocenters. The molecule has 1 saturated heterocycles. The molecule has 3 heterocycles. The molecule has 164 valence electrons. The van der Waals surface area contributed by atoms with Gasteiger partial charge in [0.1, 0.15) is 34.7 Å². The van der Waals surface area contributed by atoms with Gasteiger partial charge in [-0.1, -0.05) is 0 Å². The van der Waals surface area contributed by atoms with Crippen LogP contribution in [0.1, 0.15) is 37.7 Å². The first-order valence-corrected chi connectivity index (χ1v) is 10.9. The fourth-order valence-corrected chi connectivity index (χ4v) is 4.12. The Labute approximate surface area is 170 Å². The molecular formula is C17H20F4N6O2S. The molecule has 1 aliphatic heterocycles. The number of piperidine rings is 1. The zero-order valence-electron chi connectivity index (χ0n) is 16.4. The van der Waals surface area contributed by atoms with Gasteiger partial charge < -0.3 is 5.32 Å². The molecule has 0 amide bonds. The van der Waals surface area contributed by atoms with Gasteiger partial charge in [0.15, 0.2) is 12.0 Å². The van der Waals surface area contributed by atoms with Crippen LogP contribution in [0.5, 0.6) is 0 Å². The Hall–Kier alpha value is -2.46. The molecule has 2 aromatic heterocycles. The maximum absolute atomic E-state index is 14.7. The molecule has 2 aromatic rings. The van der Waals surface area contributed by atoms with E-state index < -0.39 is 51.2 Å². The maximum Gasteiger partial charge on any atom is 0.241 e. The lowest BCUT2D eigenvalue weighted by Gasteiger charge is -2.33. The number of alkyl halides is 3. The van der Waals surface area contributed by atoms with Gasteiger partial charge in [-0.05, 0) is 20.3 Å². The second kappa shape index (κ2) is 7.66. The number of nitrogens with zero attached hydrogens (tertiary/aromatic N) is 5. The maximum atomic E-state index is 14.7. The van der Waals surface area contributed by atoms with Crippen molar-refractivity contribution in [3.8, 4) is 6.07 Å². The molecule has 8 nitrogen and oxygen atoms in total. The SMILES string of the molecule is CC(C)(F)C(F)c1c(C#N)c(F)c2cnc(N[C@@H]3CCN(S(C)(=O)=O)C[C@H]3F)nn12. The summed E-state index contributed by atoms with van der Waals surface area (Å²) in [6, 6.07) is 0.672. The Balaban J connectivity index is 1.95. The lowest BCUT2D eigenvalue weighted by atomic mass is 10.00. The minimum absolute atomic E-state index is 0.0732. The van der Waals surface area contributed by atoms with Crippen molar-refractivity contribution in [2.24, 2.45) is 0 Å². The molecule has 1 aliphatic rings. The predicted octanol–water partition coefficient (Wildman–Crippen LogP) is 2.28. The summed E-state index contributed by atoms with van der Waals surface area (Å²) in [6.45, 7) is 1.60. The van der Waals surface area contributed by atoms with Crippen LogP contribution >= 0.6 is 0 Å². The van der Waals surface area contributed by atoms with E-state index in [4.69, 9.17) is 0 Å². The second-order valence-corrected chi connectivity index (χ2v) is 9.65. The third-order valence-electron chi connectivity index (χ3n) is 4.90. The molecule has 1 unspecified atom stereocenters. The molecule has 0 radical (unpaired) electrons. The minimum atomic E-state index is -3.54. The highest BCUT2D eigenvalue weighted by atomic mass is 32.2. The van der Waals surface area contributed by atoms with Crippen LogP contribution in [0.3, 0.4) is 0 Å². The van der Waals surface area contributed by atoms with Gasteiger partial charge >= 0.3 is 0 Å². The molecule has 0 aliphatic carbocycles. The summed E-state index contributed by atoms with van der Waals surface area (Å²) in [4.78, 5) is 3.87. The Morgan fingerprint density at radius 3 is 2.63 bits per heavy atom. The van der Waals surface area contributed by atoms with Crippen LogP contribution in [0.2, 0.25) is 0 Å². The lowest BCUT2D eigenvalue weighted by Crippen LogP contribution is -2.49. The highest BCUT2D eigenvalue weighted by Crippen LogP contribution is 2.37. The van der Waals surface area contributed by atoms with Crippen LogP contribution in [-0.2, 0) is 10.0 Å². The molecular weight excluding hydrogens is 428 g/mol. The third kappa shape index (κ3) is 4.06. The normalized spacial score (nSPS) is 22.1. The minimum Gasteiger partial charge on any atom is -0.347 e. The topological polar surface area (TPSA) is 103 Å². The number of nitrogens with one attached hydrogen (secondary N) is 1. The molecule has 3 rings (SSSR count). The number of rotatable bonds is 5. The van der Waals surface area contributed by atoms with Crippen LogP contribution in [0.15, 0.2) is 6.20 Å². The lowest BCUT2D eigenvalue weighted by molar-refractivity contribution is 0.0808. The number of aromatic nitrogens is 3. The first-order valence-electron chi connectivity index (χ1n) is 9.00. The summed E-state index contributed by atoms with van der Waals surface area (Å²) in [5.74, 6) is -1.29. The molecule has 1 N–H and O–H groups in total. The molecule has 1 fully saturated rings. The van der Waals surface area contributed by atoms with E-state index in [1.807, 2.05) is 0 Å². The quantitative estimate of drug-likeness (QED) is 0.704. The molecule has 0 saturated carbocycles. The summed E-state index contributed by atoms with van der Waals surface area (Å²) in [7, 11) is -3.54. The smallest absolute Gasteiger partial charge is 0.241 e. The van der Waals surface area contributed by atoms with E-state index in [-0.39, 0.29) is 31.0 Å². The average Bonchev–Trinajstić information content (AvgIpc) is 2.92. The van der Waals surface area contributed by atoms with Gasteiger partial charge in [-0.2, -0.15) is 9.57 Å². The molecule has 30 heavy (non-hydrogen) atoms. The Kier molecular flexibility index (Phi) is 5.68. The van der Waals surface area contributed by atoms with E-state index in [0.29, 0.717) is 0 Å². The van der Waals surface area contributed by atoms with E-state index in [9.17, 15) is 31.2 Å². The highest BCUT2D eigenvalue weighted by Gasteiger charge is 2.38. The van der Waals surface area contributed by atoms with Gasteiger partial charge in [0.2, 0.25) is 16.0 Å². The predicted molar refractivity (Wildman–Crippen MR) is 100 cm³/mol. The summed E-state index contributed by atoms with van der Waals surface area (Å²) in [6.07, 6.45) is -1.87. The zero-order chi connectivity index (χ0) is 22.4. The van der Waals surface area contributed by atoms with Crippen LogP contribution in [0.4, 0.5) is 23.5 Å². The van der Waals surface area contributed by atoms with Gasteiger partial charge in [-0.3, -0.25) is 0 Å². The molecule has 0 aromatic carbocycles. The third-order valence-corrected chi connectivity index (χ3v) is 6.17. The Morgan fingerprint density at radius 1 is 1.43 bits per heavy atom. The summed E-state index contributed by atoms with van der Waals surface area (Å²) >= 11 is 0. The first kappa shape index (κ1) is 22.2. The number of fused-ring (bicyclic) bond motifs is 1. The van der Waals surface area contributed by atoms with E-state index in [0.717, 1.165) is 35.1 Å². The molecule has 13 heteroatoms. The number of hydrogen-bond donors (Lipinski definition) is 1. The second-order valence-electron chi connectivity index (χ2n) is 7.67. The van der Waals surface area contributed by atoms with Crippen LogP contribution < -0.4 is 5.32 Å². The van der Waals surface area contributed by atoms with E-state index in [1.165, 1.54) is 6.07 Å². The fraction of sp³-hybridized carbons (Fsp3) is 0.588. The van der Waals surface area contributed by atoms with Gasteiger partial charge in [0, 0.05) is 13.1 Å². The van der Waals surface area contributed by atoms with Crippen molar-refractivity contribution >= 4 is 21.5 Å². The standard InChI is InChI=1S/C17H20F4N6O2S/c1-17(2,21)15(20)14-9(6-22)13(19)12-7-23-16(25-27(12)14)24-11-4-5-26(8-10(11)18)30(3,28)29/h7,10-11,15H,4-5,8H2,1-3H3,(H,24,25)/t10-,11-,15?/m1/s1. The van der Waals surface area contributed by atoms with Crippen molar-refractivity contribution < 1.29 is 26.0 Å². The van der Waals surface area contributed by atoms with Crippen molar-refractivity contribution in [1.29, 1.82) is 5.26 Å².